The van der Waals surface area contributed by atoms with Crippen LogP contribution in [0, 0.1) is 0 Å². The Balaban J connectivity index is 1.83. The number of carboxylic acids is 1. The highest BCUT2D eigenvalue weighted by Crippen LogP contribution is 2.37. The van der Waals surface area contributed by atoms with E-state index in [0.29, 0.717) is 6.42 Å². The number of carbonyl (C=O) groups is 1. The molecule has 0 radical (unpaired) electrons. The smallest absolute Gasteiger partial charge is 0.335 e. The Morgan fingerprint density at radius 2 is 1.58 bits per heavy atom. The number of allylic oxidation sites excluding steroid dienone is 1. The summed E-state index contributed by atoms with van der Waals surface area (Å²) in [6, 6.07) is 20.9. The highest BCUT2D eigenvalue weighted by atomic mass is 16.4. The number of benzene rings is 2. The molecule has 4 rings (SSSR count). The SMILES string of the molecule is O=C(O)c1cccc(C2=C(c3ccncc3)N=C(c3ccccc3)C2)c1. The van der Waals surface area contributed by atoms with Crippen molar-refractivity contribution in [3.05, 3.63) is 101 Å². The lowest BCUT2D eigenvalue weighted by atomic mass is 9.95. The zero-order chi connectivity index (χ0) is 17.9. The van der Waals surface area contributed by atoms with Crippen LogP contribution < -0.4 is 0 Å². The number of rotatable bonds is 4. The van der Waals surface area contributed by atoms with E-state index in [1.54, 1.807) is 30.6 Å². The fraction of sp³-hybridized carbons (Fsp3) is 0.0455. The minimum atomic E-state index is -0.930. The molecule has 0 fully saturated rings. The highest BCUT2D eigenvalue weighted by molar-refractivity contribution is 6.17. The molecule has 0 spiro atoms. The van der Waals surface area contributed by atoms with Crippen molar-refractivity contribution in [3.63, 3.8) is 0 Å². The fourth-order valence-electron chi connectivity index (χ4n) is 3.12. The van der Waals surface area contributed by atoms with Gasteiger partial charge in [0, 0.05) is 24.4 Å². The molecule has 2 heterocycles. The molecular formula is C22H16N2O2. The maximum absolute atomic E-state index is 11.4. The van der Waals surface area contributed by atoms with Crippen LogP contribution in [0.1, 0.15) is 33.5 Å². The van der Waals surface area contributed by atoms with E-state index in [2.05, 4.69) is 4.98 Å². The Kier molecular flexibility index (Phi) is 4.15. The van der Waals surface area contributed by atoms with E-state index in [-0.39, 0.29) is 5.56 Å². The summed E-state index contributed by atoms with van der Waals surface area (Å²) in [6.45, 7) is 0. The molecule has 0 amide bonds. The van der Waals surface area contributed by atoms with Crippen molar-refractivity contribution in [2.45, 2.75) is 6.42 Å². The Morgan fingerprint density at radius 1 is 0.846 bits per heavy atom. The van der Waals surface area contributed by atoms with Gasteiger partial charge in [0.1, 0.15) is 0 Å². The summed E-state index contributed by atoms with van der Waals surface area (Å²) in [6.07, 6.45) is 4.14. The van der Waals surface area contributed by atoms with Crippen LogP contribution in [0.15, 0.2) is 84.1 Å². The van der Waals surface area contributed by atoms with Crippen LogP contribution in [0.3, 0.4) is 0 Å². The number of carboxylic acid groups (broad SMARTS) is 1. The molecule has 0 atom stereocenters. The lowest BCUT2D eigenvalue weighted by Gasteiger charge is -2.08. The molecule has 1 N–H and O–H groups in total. The van der Waals surface area contributed by atoms with Gasteiger partial charge in [-0.2, -0.15) is 0 Å². The maximum Gasteiger partial charge on any atom is 0.335 e. The van der Waals surface area contributed by atoms with Gasteiger partial charge in [0.2, 0.25) is 0 Å². The summed E-state index contributed by atoms with van der Waals surface area (Å²) in [5.41, 5.74) is 6.08. The number of hydrogen-bond acceptors (Lipinski definition) is 3. The van der Waals surface area contributed by atoms with Gasteiger partial charge in [-0.3, -0.25) is 9.98 Å². The number of nitrogens with zero attached hydrogens (tertiary/aromatic N) is 2. The molecule has 3 aromatic rings. The number of hydrogen-bond donors (Lipinski definition) is 1. The van der Waals surface area contributed by atoms with Crippen molar-refractivity contribution < 1.29 is 9.90 Å². The number of aliphatic imine (C=N–C) groups is 1. The molecule has 1 aromatic heterocycles. The van der Waals surface area contributed by atoms with E-state index in [1.165, 1.54) is 0 Å². The van der Waals surface area contributed by atoms with Crippen LogP contribution in [0.4, 0.5) is 0 Å². The Bertz CT molecular complexity index is 1020. The first-order chi connectivity index (χ1) is 12.7. The molecule has 0 unspecified atom stereocenters. The van der Waals surface area contributed by atoms with E-state index < -0.39 is 5.97 Å². The van der Waals surface area contributed by atoms with Crippen LogP contribution in [0.5, 0.6) is 0 Å². The molecular weight excluding hydrogens is 324 g/mol. The second-order valence-electron chi connectivity index (χ2n) is 6.05. The van der Waals surface area contributed by atoms with E-state index in [1.807, 2.05) is 48.5 Å². The number of aromatic carboxylic acids is 1. The predicted octanol–water partition coefficient (Wildman–Crippen LogP) is 4.54. The molecule has 126 valence electrons. The van der Waals surface area contributed by atoms with Crippen LogP contribution in [-0.4, -0.2) is 21.8 Å². The maximum atomic E-state index is 11.4. The van der Waals surface area contributed by atoms with Crippen molar-refractivity contribution in [2.24, 2.45) is 4.99 Å². The lowest BCUT2D eigenvalue weighted by molar-refractivity contribution is 0.0697. The van der Waals surface area contributed by atoms with Gasteiger partial charge in [0.15, 0.2) is 0 Å². The van der Waals surface area contributed by atoms with Crippen LogP contribution in [0.25, 0.3) is 11.3 Å². The van der Waals surface area contributed by atoms with Crippen LogP contribution in [0.2, 0.25) is 0 Å². The van der Waals surface area contributed by atoms with Crippen LogP contribution in [-0.2, 0) is 0 Å². The summed E-state index contributed by atoms with van der Waals surface area (Å²) in [7, 11) is 0. The normalized spacial score (nSPS) is 13.6. The molecule has 1 aliphatic heterocycles. The third-order valence-corrected chi connectivity index (χ3v) is 4.40. The van der Waals surface area contributed by atoms with Gasteiger partial charge in [0.05, 0.1) is 17.0 Å². The Labute approximate surface area is 151 Å². The molecule has 26 heavy (non-hydrogen) atoms. The van der Waals surface area contributed by atoms with Gasteiger partial charge in [-0.1, -0.05) is 42.5 Å². The minimum Gasteiger partial charge on any atom is -0.478 e. The second kappa shape index (κ2) is 6.76. The zero-order valence-corrected chi connectivity index (χ0v) is 14.0. The first-order valence-electron chi connectivity index (χ1n) is 8.32. The molecule has 4 heteroatoms. The summed E-state index contributed by atoms with van der Waals surface area (Å²) in [5, 5.41) is 9.31. The minimum absolute atomic E-state index is 0.275. The number of aromatic nitrogens is 1. The van der Waals surface area contributed by atoms with Crippen molar-refractivity contribution in [1.82, 2.24) is 4.98 Å². The molecule has 0 saturated heterocycles. The summed E-state index contributed by atoms with van der Waals surface area (Å²) in [4.78, 5) is 20.3. The lowest BCUT2D eigenvalue weighted by Crippen LogP contribution is -1.99. The first-order valence-corrected chi connectivity index (χ1v) is 8.32. The van der Waals surface area contributed by atoms with E-state index >= 15 is 0 Å². The molecule has 1 aliphatic rings. The third-order valence-electron chi connectivity index (χ3n) is 4.40. The molecule has 0 bridgehead atoms. The summed E-state index contributed by atoms with van der Waals surface area (Å²) < 4.78 is 0. The predicted molar refractivity (Wildman–Crippen MR) is 102 cm³/mol. The summed E-state index contributed by atoms with van der Waals surface area (Å²) >= 11 is 0. The molecule has 2 aromatic carbocycles. The van der Waals surface area contributed by atoms with Crippen molar-refractivity contribution in [3.8, 4) is 0 Å². The zero-order valence-electron chi connectivity index (χ0n) is 14.0. The van der Waals surface area contributed by atoms with Gasteiger partial charge in [-0.15, -0.1) is 0 Å². The Morgan fingerprint density at radius 3 is 2.31 bits per heavy atom. The second-order valence-corrected chi connectivity index (χ2v) is 6.05. The van der Waals surface area contributed by atoms with Gasteiger partial charge in [-0.25, -0.2) is 4.79 Å². The topological polar surface area (TPSA) is 62.5 Å². The quantitative estimate of drug-likeness (QED) is 0.758. The standard InChI is InChI=1S/C22H16N2O2/c25-22(26)18-8-4-7-17(13-18)19-14-20(15-5-2-1-3-6-15)24-21(19)16-9-11-23-12-10-16/h1-13H,14H2,(H,25,26). The molecule has 0 aliphatic carbocycles. The van der Waals surface area contributed by atoms with E-state index in [4.69, 9.17) is 4.99 Å². The van der Waals surface area contributed by atoms with Crippen molar-refractivity contribution >= 4 is 23.0 Å². The highest BCUT2D eigenvalue weighted by Gasteiger charge is 2.22. The van der Waals surface area contributed by atoms with Crippen LogP contribution >= 0.6 is 0 Å². The van der Waals surface area contributed by atoms with Gasteiger partial charge < -0.3 is 5.11 Å². The number of pyridine rings is 1. The summed E-state index contributed by atoms with van der Waals surface area (Å²) in [5.74, 6) is -0.930. The Hall–Kier alpha value is -3.53. The fourth-order valence-corrected chi connectivity index (χ4v) is 3.12. The average molecular weight is 340 g/mol. The van der Waals surface area contributed by atoms with Gasteiger partial charge >= 0.3 is 5.97 Å². The average Bonchev–Trinajstić information content (AvgIpc) is 3.15. The molecule has 0 saturated carbocycles. The van der Waals surface area contributed by atoms with E-state index in [9.17, 15) is 9.90 Å². The van der Waals surface area contributed by atoms with Gasteiger partial charge in [0.25, 0.3) is 0 Å². The van der Waals surface area contributed by atoms with E-state index in [0.717, 1.165) is 33.7 Å². The third kappa shape index (κ3) is 3.05. The van der Waals surface area contributed by atoms with Crippen molar-refractivity contribution in [2.75, 3.05) is 0 Å². The van der Waals surface area contributed by atoms with Crippen molar-refractivity contribution in [1.29, 1.82) is 0 Å². The first kappa shape index (κ1) is 16.0. The molecule has 4 nitrogen and oxygen atoms in total. The largest absolute Gasteiger partial charge is 0.478 e. The van der Waals surface area contributed by atoms with Gasteiger partial charge in [-0.05, 0) is 41.0 Å². The monoisotopic (exact) mass is 340 g/mol.